The lowest BCUT2D eigenvalue weighted by Crippen LogP contribution is -2.54. The molecule has 1 fully saturated rings. The first-order valence-corrected chi connectivity index (χ1v) is 10.3. The number of hydrogen-bond donors (Lipinski definition) is 2. The van der Waals surface area contributed by atoms with Crippen molar-refractivity contribution in [3.63, 3.8) is 0 Å². The van der Waals surface area contributed by atoms with Crippen LogP contribution in [-0.4, -0.2) is 32.6 Å². The molecule has 0 saturated carbocycles. The monoisotopic (exact) mass is 485 g/mol. The summed E-state index contributed by atoms with van der Waals surface area (Å²) in [4.78, 5) is 38.0. The molecule has 2 aromatic carbocycles. The third-order valence-electron chi connectivity index (χ3n) is 4.73. The van der Waals surface area contributed by atoms with Gasteiger partial charge in [-0.2, -0.15) is 0 Å². The summed E-state index contributed by atoms with van der Waals surface area (Å²) in [6.45, 7) is 0. The van der Waals surface area contributed by atoms with E-state index in [4.69, 9.17) is 40.5 Å². The van der Waals surface area contributed by atoms with E-state index in [1.54, 1.807) is 41.1 Å². The number of carbonyl (C=O) groups is 3. The van der Waals surface area contributed by atoms with Crippen molar-refractivity contribution in [3.05, 3.63) is 87.7 Å². The number of aromatic nitrogens is 1. The highest BCUT2D eigenvalue weighted by Gasteiger charge is 2.35. The second-order valence-electron chi connectivity index (χ2n) is 6.71. The highest BCUT2D eigenvalue weighted by atomic mass is 35.5. The molecule has 1 aliphatic rings. The van der Waals surface area contributed by atoms with Crippen LogP contribution in [0.25, 0.3) is 11.8 Å². The summed E-state index contributed by atoms with van der Waals surface area (Å²) < 4.78 is 1.72. The van der Waals surface area contributed by atoms with Crippen molar-refractivity contribution in [3.8, 4) is 5.69 Å². The molecule has 3 aromatic rings. The number of aromatic carboxylic acids is 1. The molecule has 0 spiro atoms. The third kappa shape index (κ3) is 4.03. The van der Waals surface area contributed by atoms with Gasteiger partial charge in [0.15, 0.2) is 5.11 Å². The Morgan fingerprint density at radius 1 is 1.00 bits per heavy atom. The molecular formula is C22H13Cl2N3O4S. The molecule has 1 aliphatic heterocycles. The number of halogens is 2. The molecule has 1 aromatic heterocycles. The maximum atomic E-state index is 13.2. The number of carbonyl (C=O) groups excluding carboxylic acids is 2. The van der Waals surface area contributed by atoms with E-state index in [2.05, 4.69) is 5.32 Å². The minimum absolute atomic E-state index is 0.0739. The molecule has 10 heteroatoms. The number of thiocarbonyl (C=S) groups is 1. The molecule has 0 radical (unpaired) electrons. The number of carboxylic acid groups (broad SMARTS) is 1. The average molecular weight is 486 g/mol. The smallest absolute Gasteiger partial charge is 0.335 e. The van der Waals surface area contributed by atoms with Crippen LogP contribution in [0, 0.1) is 0 Å². The number of nitrogens with one attached hydrogen (secondary N) is 1. The van der Waals surface area contributed by atoms with Crippen molar-refractivity contribution in [2.75, 3.05) is 4.90 Å². The summed E-state index contributed by atoms with van der Waals surface area (Å²) in [6.07, 6.45) is 3.17. The van der Waals surface area contributed by atoms with Crippen LogP contribution in [-0.2, 0) is 9.59 Å². The molecule has 7 nitrogen and oxygen atoms in total. The number of amides is 2. The minimum Gasteiger partial charge on any atom is -0.478 e. The van der Waals surface area contributed by atoms with Gasteiger partial charge in [-0.1, -0.05) is 23.2 Å². The summed E-state index contributed by atoms with van der Waals surface area (Å²) in [5.74, 6) is -2.29. The highest BCUT2D eigenvalue weighted by molar-refractivity contribution is 7.80. The fourth-order valence-electron chi connectivity index (χ4n) is 3.18. The van der Waals surface area contributed by atoms with Gasteiger partial charge in [-0.25, -0.2) is 4.79 Å². The predicted octanol–water partition coefficient (Wildman–Crippen LogP) is 4.31. The molecule has 0 unspecified atom stereocenters. The molecular weight excluding hydrogens is 473 g/mol. The molecule has 2 amide bonds. The largest absolute Gasteiger partial charge is 0.478 e. The average Bonchev–Trinajstić information content (AvgIpc) is 3.22. The molecule has 0 bridgehead atoms. The quantitative estimate of drug-likeness (QED) is 0.326. The normalized spacial score (nSPS) is 15.2. The van der Waals surface area contributed by atoms with Crippen molar-refractivity contribution in [2.45, 2.75) is 0 Å². The number of anilines is 1. The number of benzene rings is 2. The van der Waals surface area contributed by atoms with Crippen LogP contribution < -0.4 is 10.2 Å². The summed E-state index contributed by atoms with van der Waals surface area (Å²) in [5.41, 5.74) is 1.57. The van der Waals surface area contributed by atoms with Crippen molar-refractivity contribution in [1.29, 1.82) is 0 Å². The Bertz CT molecular complexity index is 1310. The highest BCUT2D eigenvalue weighted by Crippen LogP contribution is 2.29. The van der Waals surface area contributed by atoms with E-state index in [1.165, 1.54) is 35.2 Å². The molecule has 32 heavy (non-hydrogen) atoms. The van der Waals surface area contributed by atoms with Crippen LogP contribution >= 0.6 is 35.4 Å². The first kappa shape index (κ1) is 21.8. The molecule has 4 rings (SSSR count). The summed E-state index contributed by atoms with van der Waals surface area (Å²) in [6, 6.07) is 14.2. The van der Waals surface area contributed by atoms with E-state index in [1.807, 2.05) is 0 Å². The maximum absolute atomic E-state index is 13.2. The second kappa shape index (κ2) is 8.58. The first-order valence-electron chi connectivity index (χ1n) is 9.14. The summed E-state index contributed by atoms with van der Waals surface area (Å²) >= 11 is 17.2. The summed E-state index contributed by atoms with van der Waals surface area (Å²) in [7, 11) is 0. The van der Waals surface area contributed by atoms with Crippen LogP contribution in [0.15, 0.2) is 66.4 Å². The van der Waals surface area contributed by atoms with E-state index < -0.39 is 17.8 Å². The summed E-state index contributed by atoms with van der Waals surface area (Å²) in [5, 5.41) is 12.1. The van der Waals surface area contributed by atoms with Crippen LogP contribution in [0.4, 0.5) is 5.69 Å². The Hall–Kier alpha value is -3.46. The lowest BCUT2D eigenvalue weighted by molar-refractivity contribution is -0.122. The SMILES string of the molecule is O=C1NC(=S)N(c2ccc(Cl)c(Cl)c2)C(=O)/C1=C/c1cccn1-c1ccc(C(=O)O)cc1. The lowest BCUT2D eigenvalue weighted by Gasteiger charge is -2.29. The van der Waals surface area contributed by atoms with Crippen molar-refractivity contribution in [1.82, 2.24) is 9.88 Å². The molecule has 160 valence electrons. The van der Waals surface area contributed by atoms with Gasteiger partial charge in [-0.15, -0.1) is 0 Å². The van der Waals surface area contributed by atoms with E-state index >= 15 is 0 Å². The minimum atomic E-state index is -1.03. The fraction of sp³-hybridized carbons (Fsp3) is 0. The van der Waals surface area contributed by atoms with Gasteiger partial charge in [0.2, 0.25) is 0 Å². The number of nitrogens with zero attached hydrogens (tertiary/aromatic N) is 2. The number of carboxylic acids is 1. The van der Waals surface area contributed by atoms with E-state index in [-0.39, 0.29) is 21.3 Å². The lowest BCUT2D eigenvalue weighted by atomic mass is 10.1. The van der Waals surface area contributed by atoms with Gasteiger partial charge in [-0.05, 0) is 72.9 Å². The zero-order valence-corrected chi connectivity index (χ0v) is 18.4. The van der Waals surface area contributed by atoms with Gasteiger partial charge in [0, 0.05) is 17.6 Å². The Morgan fingerprint density at radius 3 is 2.34 bits per heavy atom. The number of hydrogen-bond acceptors (Lipinski definition) is 4. The molecule has 0 aliphatic carbocycles. The molecule has 1 saturated heterocycles. The van der Waals surface area contributed by atoms with Crippen LogP contribution in [0.2, 0.25) is 10.0 Å². The Morgan fingerprint density at radius 2 is 1.69 bits per heavy atom. The van der Waals surface area contributed by atoms with Gasteiger partial charge in [-0.3, -0.25) is 19.8 Å². The molecule has 0 atom stereocenters. The first-order chi connectivity index (χ1) is 15.3. The van der Waals surface area contributed by atoms with Crippen LogP contribution in [0.3, 0.4) is 0 Å². The number of rotatable bonds is 4. The van der Waals surface area contributed by atoms with Crippen molar-refractivity contribution in [2.24, 2.45) is 0 Å². The zero-order valence-electron chi connectivity index (χ0n) is 16.1. The Labute approximate surface area is 197 Å². The van der Waals surface area contributed by atoms with Gasteiger partial charge in [0.05, 0.1) is 21.3 Å². The molecule has 2 heterocycles. The van der Waals surface area contributed by atoms with Crippen LogP contribution in [0.1, 0.15) is 16.1 Å². The van der Waals surface area contributed by atoms with E-state index in [0.717, 1.165) is 0 Å². The van der Waals surface area contributed by atoms with Gasteiger partial charge in [0.25, 0.3) is 11.8 Å². The zero-order chi connectivity index (χ0) is 23.0. The van der Waals surface area contributed by atoms with E-state index in [9.17, 15) is 14.4 Å². The van der Waals surface area contributed by atoms with Crippen LogP contribution in [0.5, 0.6) is 0 Å². The second-order valence-corrected chi connectivity index (χ2v) is 7.91. The van der Waals surface area contributed by atoms with Gasteiger partial charge in [0.1, 0.15) is 5.57 Å². The predicted molar refractivity (Wildman–Crippen MR) is 125 cm³/mol. The van der Waals surface area contributed by atoms with Crippen molar-refractivity contribution >= 4 is 70.1 Å². The van der Waals surface area contributed by atoms with Crippen molar-refractivity contribution < 1.29 is 19.5 Å². The van der Waals surface area contributed by atoms with E-state index in [0.29, 0.717) is 22.1 Å². The molecule has 2 N–H and O–H groups in total. The van der Waals surface area contributed by atoms with Gasteiger partial charge < -0.3 is 9.67 Å². The van der Waals surface area contributed by atoms with Gasteiger partial charge >= 0.3 is 5.97 Å². The third-order valence-corrected chi connectivity index (χ3v) is 5.75. The Kier molecular flexibility index (Phi) is 5.84. The standard InChI is InChI=1S/C22H13Cl2N3O4S/c23-17-8-7-15(11-18(17)24)27-20(29)16(19(28)25-22(27)32)10-14-2-1-9-26(14)13-5-3-12(4-6-13)21(30)31/h1-11H,(H,30,31)(H,25,28,32)/b16-10+. The Balaban J connectivity index is 1.72. The maximum Gasteiger partial charge on any atom is 0.335 e. The topological polar surface area (TPSA) is 91.6 Å². The fourth-order valence-corrected chi connectivity index (χ4v) is 3.75.